The minimum Gasteiger partial charge on any atom is -0.493 e. The number of hydrogen-bond acceptors (Lipinski definition) is 4. The molecule has 23 heavy (non-hydrogen) atoms. The zero-order valence-corrected chi connectivity index (χ0v) is 15.4. The summed E-state index contributed by atoms with van der Waals surface area (Å²) in [7, 11) is 3.52. The lowest BCUT2D eigenvalue weighted by molar-refractivity contribution is 0.209. The zero-order chi connectivity index (χ0) is 16.7. The molecule has 0 aliphatic carbocycles. The van der Waals surface area contributed by atoms with E-state index in [1.807, 2.05) is 31.3 Å². The van der Waals surface area contributed by atoms with Crippen molar-refractivity contribution in [3.63, 3.8) is 0 Å². The van der Waals surface area contributed by atoms with Crippen LogP contribution in [0.3, 0.4) is 0 Å². The van der Waals surface area contributed by atoms with E-state index in [0.717, 1.165) is 21.5 Å². The maximum absolute atomic E-state index is 5.88. The molecular formula is C17H19BrClNO3. The lowest BCUT2D eigenvalue weighted by Crippen LogP contribution is -2.13. The van der Waals surface area contributed by atoms with Gasteiger partial charge in [0.05, 0.1) is 7.11 Å². The fraction of sp³-hybridized carbons (Fsp3) is 0.294. The van der Waals surface area contributed by atoms with Gasteiger partial charge >= 0.3 is 0 Å². The number of hydrogen-bond donors (Lipinski definition) is 1. The average molecular weight is 401 g/mol. The third kappa shape index (κ3) is 5.30. The smallest absolute Gasteiger partial charge is 0.165 e. The molecule has 1 N–H and O–H groups in total. The second-order valence-electron chi connectivity index (χ2n) is 4.78. The van der Waals surface area contributed by atoms with Crippen LogP contribution in [-0.4, -0.2) is 27.4 Å². The first-order chi connectivity index (χ1) is 11.1. The Bertz CT molecular complexity index is 634. The molecule has 0 aliphatic heterocycles. The molecule has 0 spiro atoms. The van der Waals surface area contributed by atoms with Crippen molar-refractivity contribution in [2.45, 2.75) is 6.54 Å². The summed E-state index contributed by atoms with van der Waals surface area (Å²) in [5, 5.41) is 3.81. The minimum atomic E-state index is 0.414. The number of benzene rings is 2. The molecule has 0 heterocycles. The van der Waals surface area contributed by atoms with Gasteiger partial charge in [-0.15, -0.1) is 0 Å². The first kappa shape index (κ1) is 17.9. The molecule has 2 aromatic carbocycles. The molecular weight excluding hydrogens is 382 g/mol. The summed E-state index contributed by atoms with van der Waals surface area (Å²) in [5.74, 6) is 2.18. The Morgan fingerprint density at radius 1 is 1.09 bits per heavy atom. The van der Waals surface area contributed by atoms with Gasteiger partial charge in [-0.25, -0.2) is 0 Å². The van der Waals surface area contributed by atoms with Crippen molar-refractivity contribution in [1.29, 1.82) is 0 Å². The molecule has 0 bridgehead atoms. The summed E-state index contributed by atoms with van der Waals surface area (Å²) in [6.07, 6.45) is 0. The molecule has 6 heteroatoms. The Kier molecular flexibility index (Phi) is 7.02. The molecule has 4 nitrogen and oxygen atoms in total. The Hall–Kier alpha value is -1.43. The average Bonchev–Trinajstić information content (AvgIpc) is 2.54. The number of ether oxygens (including phenoxy) is 3. The van der Waals surface area contributed by atoms with Crippen LogP contribution in [0.2, 0.25) is 5.02 Å². The van der Waals surface area contributed by atoms with Gasteiger partial charge in [-0.2, -0.15) is 0 Å². The molecule has 2 aromatic rings. The number of methoxy groups -OCH3 is 1. The Balaban J connectivity index is 1.97. The van der Waals surface area contributed by atoms with Crippen molar-refractivity contribution in [1.82, 2.24) is 5.32 Å². The highest BCUT2D eigenvalue weighted by Crippen LogP contribution is 2.34. The molecule has 2 rings (SSSR count). The van der Waals surface area contributed by atoms with Crippen molar-refractivity contribution in [3.05, 3.63) is 51.5 Å². The molecule has 0 aromatic heterocycles. The molecule has 0 amide bonds. The van der Waals surface area contributed by atoms with Gasteiger partial charge in [0.25, 0.3) is 0 Å². The summed E-state index contributed by atoms with van der Waals surface area (Å²) in [5.41, 5.74) is 1.02. The number of halogens is 2. The van der Waals surface area contributed by atoms with E-state index >= 15 is 0 Å². The Morgan fingerprint density at radius 3 is 2.43 bits per heavy atom. The van der Waals surface area contributed by atoms with Crippen molar-refractivity contribution < 1.29 is 14.2 Å². The Labute approximate surface area is 149 Å². The predicted molar refractivity (Wildman–Crippen MR) is 95.9 cm³/mol. The normalized spacial score (nSPS) is 10.4. The molecule has 0 unspecified atom stereocenters. The molecule has 0 radical (unpaired) electrons. The first-order valence-electron chi connectivity index (χ1n) is 7.16. The van der Waals surface area contributed by atoms with Crippen molar-refractivity contribution in [2.75, 3.05) is 27.4 Å². The standard InChI is InChI=1S/C17H19BrClNO3/c1-20-11-12-9-13(18)10-16(21-2)17(12)23-8-7-22-15-5-3-14(19)4-6-15/h3-6,9-10,20H,7-8,11H2,1-2H3. The maximum Gasteiger partial charge on any atom is 0.165 e. The fourth-order valence-electron chi connectivity index (χ4n) is 2.09. The lowest BCUT2D eigenvalue weighted by atomic mass is 10.2. The second kappa shape index (κ2) is 9.01. The summed E-state index contributed by atoms with van der Waals surface area (Å²) >= 11 is 9.32. The first-order valence-corrected chi connectivity index (χ1v) is 8.33. The molecule has 0 aliphatic rings. The summed E-state index contributed by atoms with van der Waals surface area (Å²) in [6.45, 7) is 1.53. The van der Waals surface area contributed by atoms with Crippen LogP contribution < -0.4 is 19.5 Å². The second-order valence-corrected chi connectivity index (χ2v) is 6.13. The van der Waals surface area contributed by atoms with Crippen LogP contribution in [0.25, 0.3) is 0 Å². The third-order valence-corrected chi connectivity index (χ3v) is 3.81. The van der Waals surface area contributed by atoms with E-state index in [-0.39, 0.29) is 0 Å². The van der Waals surface area contributed by atoms with Crippen LogP contribution in [0.4, 0.5) is 0 Å². The van der Waals surface area contributed by atoms with Crippen LogP contribution in [-0.2, 0) is 6.54 Å². The van der Waals surface area contributed by atoms with E-state index in [1.165, 1.54) is 0 Å². The van der Waals surface area contributed by atoms with Gasteiger partial charge < -0.3 is 19.5 Å². The van der Waals surface area contributed by atoms with Crippen molar-refractivity contribution >= 4 is 27.5 Å². The van der Waals surface area contributed by atoms with Gasteiger partial charge in [-0.1, -0.05) is 27.5 Å². The quantitative estimate of drug-likeness (QED) is 0.671. The summed E-state index contributed by atoms with van der Waals surface area (Å²) in [4.78, 5) is 0. The van der Waals surface area contributed by atoms with Gasteiger partial charge in [0.2, 0.25) is 0 Å². The third-order valence-electron chi connectivity index (χ3n) is 3.10. The van der Waals surface area contributed by atoms with E-state index in [4.69, 9.17) is 25.8 Å². The van der Waals surface area contributed by atoms with Crippen LogP contribution in [0.1, 0.15) is 5.56 Å². The van der Waals surface area contributed by atoms with E-state index in [0.29, 0.717) is 30.5 Å². The van der Waals surface area contributed by atoms with E-state index < -0.39 is 0 Å². The zero-order valence-electron chi connectivity index (χ0n) is 13.1. The predicted octanol–water partition coefficient (Wildman–Crippen LogP) is 4.29. The van der Waals surface area contributed by atoms with Crippen LogP contribution in [0.15, 0.2) is 40.9 Å². The SMILES string of the molecule is CNCc1cc(Br)cc(OC)c1OCCOc1ccc(Cl)cc1. The van der Waals surface area contributed by atoms with E-state index in [1.54, 1.807) is 19.2 Å². The number of nitrogens with one attached hydrogen (secondary N) is 1. The van der Waals surface area contributed by atoms with E-state index in [2.05, 4.69) is 21.2 Å². The lowest BCUT2D eigenvalue weighted by Gasteiger charge is -2.16. The largest absolute Gasteiger partial charge is 0.493 e. The van der Waals surface area contributed by atoms with Crippen molar-refractivity contribution in [2.24, 2.45) is 0 Å². The van der Waals surface area contributed by atoms with Crippen LogP contribution in [0, 0.1) is 0 Å². The summed E-state index contributed by atoms with van der Waals surface area (Å²) in [6, 6.07) is 11.1. The van der Waals surface area contributed by atoms with Gasteiger partial charge in [0.1, 0.15) is 19.0 Å². The molecule has 0 saturated heterocycles. The van der Waals surface area contributed by atoms with Crippen LogP contribution >= 0.6 is 27.5 Å². The maximum atomic E-state index is 5.88. The van der Waals surface area contributed by atoms with Gasteiger partial charge in [-0.05, 0) is 43.4 Å². The minimum absolute atomic E-state index is 0.414. The Morgan fingerprint density at radius 2 is 1.78 bits per heavy atom. The van der Waals surface area contributed by atoms with E-state index in [9.17, 15) is 0 Å². The number of rotatable bonds is 8. The highest BCUT2D eigenvalue weighted by atomic mass is 79.9. The van der Waals surface area contributed by atoms with Gasteiger partial charge in [0, 0.05) is 21.6 Å². The molecule has 124 valence electrons. The van der Waals surface area contributed by atoms with Gasteiger partial charge in [-0.3, -0.25) is 0 Å². The van der Waals surface area contributed by atoms with Gasteiger partial charge in [0.15, 0.2) is 11.5 Å². The van der Waals surface area contributed by atoms with Crippen molar-refractivity contribution in [3.8, 4) is 17.2 Å². The monoisotopic (exact) mass is 399 g/mol. The highest BCUT2D eigenvalue weighted by molar-refractivity contribution is 9.10. The highest BCUT2D eigenvalue weighted by Gasteiger charge is 2.12. The topological polar surface area (TPSA) is 39.7 Å². The molecule has 0 atom stereocenters. The molecule has 0 fully saturated rings. The molecule has 0 saturated carbocycles. The summed E-state index contributed by atoms with van der Waals surface area (Å²) < 4.78 is 17.9. The van der Waals surface area contributed by atoms with Crippen LogP contribution in [0.5, 0.6) is 17.2 Å². The fourth-order valence-corrected chi connectivity index (χ4v) is 2.70.